The van der Waals surface area contributed by atoms with Crippen LogP contribution in [0.2, 0.25) is 0 Å². The predicted molar refractivity (Wildman–Crippen MR) is 85.9 cm³/mol. The van der Waals surface area contributed by atoms with Crippen molar-refractivity contribution in [2.45, 2.75) is 23.1 Å². The SMILES string of the molecule is CCCSc1ccc(N)c(NS(=O)(=O)c2cnn(C)c2)c1. The third-order valence-corrected chi connectivity index (χ3v) is 5.25. The van der Waals surface area contributed by atoms with Crippen molar-refractivity contribution in [1.82, 2.24) is 9.78 Å². The number of benzene rings is 1. The van der Waals surface area contributed by atoms with Crippen LogP contribution in [-0.4, -0.2) is 24.0 Å². The van der Waals surface area contributed by atoms with Gasteiger partial charge in [0.2, 0.25) is 0 Å². The number of hydrogen-bond donors (Lipinski definition) is 2. The van der Waals surface area contributed by atoms with E-state index in [1.807, 2.05) is 6.07 Å². The zero-order valence-corrected chi connectivity index (χ0v) is 13.5. The number of thioether (sulfide) groups is 1. The van der Waals surface area contributed by atoms with Crippen LogP contribution in [0.4, 0.5) is 11.4 Å². The van der Waals surface area contributed by atoms with E-state index in [9.17, 15) is 8.42 Å². The summed E-state index contributed by atoms with van der Waals surface area (Å²) in [5, 5.41) is 3.87. The number of aryl methyl sites for hydroxylation is 1. The third-order valence-electron chi connectivity index (χ3n) is 2.73. The first kappa shape index (κ1) is 15.7. The summed E-state index contributed by atoms with van der Waals surface area (Å²) in [6, 6.07) is 5.35. The summed E-state index contributed by atoms with van der Waals surface area (Å²) in [5.74, 6) is 0.971. The van der Waals surface area contributed by atoms with Gasteiger partial charge in [-0.25, -0.2) is 8.42 Å². The molecule has 1 aromatic carbocycles. The highest BCUT2D eigenvalue weighted by Crippen LogP contribution is 2.28. The summed E-state index contributed by atoms with van der Waals surface area (Å²) in [4.78, 5) is 1.09. The number of nitrogens with one attached hydrogen (secondary N) is 1. The van der Waals surface area contributed by atoms with Gasteiger partial charge in [-0.2, -0.15) is 5.10 Å². The van der Waals surface area contributed by atoms with Gasteiger partial charge in [-0.15, -0.1) is 11.8 Å². The molecule has 114 valence electrons. The fourth-order valence-corrected chi connectivity index (χ4v) is 3.54. The molecule has 0 aliphatic heterocycles. The smallest absolute Gasteiger partial charge is 0.265 e. The fourth-order valence-electron chi connectivity index (χ4n) is 1.67. The van der Waals surface area contributed by atoms with Gasteiger partial charge in [0.05, 0.1) is 17.6 Å². The van der Waals surface area contributed by atoms with E-state index in [0.29, 0.717) is 11.4 Å². The molecule has 0 saturated heterocycles. The fraction of sp³-hybridized carbons (Fsp3) is 0.308. The average Bonchev–Trinajstić information content (AvgIpc) is 2.87. The van der Waals surface area contributed by atoms with E-state index in [0.717, 1.165) is 17.1 Å². The Bertz CT molecular complexity index is 726. The van der Waals surface area contributed by atoms with E-state index in [1.165, 1.54) is 17.1 Å². The number of sulfonamides is 1. The number of hydrogen-bond acceptors (Lipinski definition) is 5. The van der Waals surface area contributed by atoms with Crippen LogP contribution < -0.4 is 10.5 Å². The molecule has 0 unspecified atom stereocenters. The summed E-state index contributed by atoms with van der Waals surface area (Å²) >= 11 is 1.66. The molecule has 1 heterocycles. The quantitative estimate of drug-likeness (QED) is 0.628. The zero-order chi connectivity index (χ0) is 15.5. The van der Waals surface area contributed by atoms with Crippen molar-refractivity contribution in [1.29, 1.82) is 0 Å². The van der Waals surface area contributed by atoms with E-state index in [2.05, 4.69) is 16.7 Å². The second-order valence-electron chi connectivity index (χ2n) is 4.55. The number of nitrogen functional groups attached to an aromatic ring is 1. The first-order chi connectivity index (χ1) is 9.92. The van der Waals surface area contributed by atoms with E-state index >= 15 is 0 Å². The summed E-state index contributed by atoms with van der Waals surface area (Å²) in [5.41, 5.74) is 6.63. The van der Waals surface area contributed by atoms with Crippen molar-refractivity contribution in [3.05, 3.63) is 30.6 Å². The maximum absolute atomic E-state index is 12.3. The Morgan fingerprint density at radius 2 is 2.19 bits per heavy atom. The Morgan fingerprint density at radius 1 is 1.43 bits per heavy atom. The highest BCUT2D eigenvalue weighted by atomic mass is 32.2. The minimum absolute atomic E-state index is 0.107. The van der Waals surface area contributed by atoms with E-state index < -0.39 is 10.0 Å². The van der Waals surface area contributed by atoms with Gasteiger partial charge in [-0.1, -0.05) is 6.92 Å². The van der Waals surface area contributed by atoms with Gasteiger partial charge in [0.15, 0.2) is 0 Å². The van der Waals surface area contributed by atoms with Crippen molar-refractivity contribution in [3.63, 3.8) is 0 Å². The van der Waals surface area contributed by atoms with Crippen molar-refractivity contribution in [2.24, 2.45) is 7.05 Å². The standard InChI is InChI=1S/C13H18N4O2S2/c1-3-6-20-10-4-5-12(14)13(7-10)16-21(18,19)11-8-15-17(2)9-11/h4-5,7-9,16H,3,6,14H2,1-2H3. The van der Waals surface area contributed by atoms with Gasteiger partial charge in [-0.3, -0.25) is 9.40 Å². The zero-order valence-electron chi connectivity index (χ0n) is 11.9. The molecule has 0 bridgehead atoms. The lowest BCUT2D eigenvalue weighted by Crippen LogP contribution is -2.13. The van der Waals surface area contributed by atoms with Crippen molar-refractivity contribution < 1.29 is 8.42 Å². The molecule has 8 heteroatoms. The summed E-state index contributed by atoms with van der Waals surface area (Å²) in [6.45, 7) is 2.09. The molecule has 3 N–H and O–H groups in total. The average molecular weight is 326 g/mol. The second-order valence-corrected chi connectivity index (χ2v) is 7.40. The molecule has 0 aliphatic carbocycles. The van der Waals surface area contributed by atoms with Gasteiger partial charge in [0, 0.05) is 18.1 Å². The molecule has 0 aliphatic rings. The molecular weight excluding hydrogens is 308 g/mol. The van der Waals surface area contributed by atoms with Crippen LogP contribution in [0.5, 0.6) is 0 Å². The Balaban J connectivity index is 2.26. The maximum Gasteiger partial charge on any atom is 0.265 e. The van der Waals surface area contributed by atoms with Gasteiger partial charge in [-0.05, 0) is 30.4 Å². The topological polar surface area (TPSA) is 90.0 Å². The third kappa shape index (κ3) is 3.92. The lowest BCUT2D eigenvalue weighted by atomic mass is 10.3. The van der Waals surface area contributed by atoms with Crippen molar-refractivity contribution in [3.8, 4) is 0 Å². The van der Waals surface area contributed by atoms with Crippen LogP contribution in [0.3, 0.4) is 0 Å². The van der Waals surface area contributed by atoms with Gasteiger partial charge >= 0.3 is 0 Å². The van der Waals surface area contributed by atoms with E-state index in [-0.39, 0.29) is 4.90 Å². The molecule has 21 heavy (non-hydrogen) atoms. The molecule has 0 atom stereocenters. The van der Waals surface area contributed by atoms with Crippen LogP contribution >= 0.6 is 11.8 Å². The monoisotopic (exact) mass is 326 g/mol. The number of anilines is 2. The molecule has 0 spiro atoms. The molecular formula is C13H18N4O2S2. The van der Waals surface area contributed by atoms with Crippen LogP contribution in [0.1, 0.15) is 13.3 Å². The van der Waals surface area contributed by atoms with Gasteiger partial charge in [0.1, 0.15) is 4.90 Å². The first-order valence-corrected chi connectivity index (χ1v) is 8.93. The van der Waals surface area contributed by atoms with E-state index in [4.69, 9.17) is 5.73 Å². The summed E-state index contributed by atoms with van der Waals surface area (Å²) < 4.78 is 28.5. The molecule has 2 aromatic rings. The first-order valence-electron chi connectivity index (χ1n) is 6.46. The van der Waals surface area contributed by atoms with E-state index in [1.54, 1.807) is 30.9 Å². The van der Waals surface area contributed by atoms with Crippen LogP contribution in [-0.2, 0) is 17.1 Å². The van der Waals surface area contributed by atoms with Crippen LogP contribution in [0, 0.1) is 0 Å². The maximum atomic E-state index is 12.3. The molecule has 2 rings (SSSR count). The second kappa shape index (κ2) is 6.40. The van der Waals surface area contributed by atoms with Gasteiger partial charge in [0.25, 0.3) is 10.0 Å². The Labute approximate surface area is 128 Å². The summed E-state index contributed by atoms with van der Waals surface area (Å²) in [6.07, 6.45) is 3.79. The normalized spacial score (nSPS) is 11.5. The highest BCUT2D eigenvalue weighted by Gasteiger charge is 2.17. The van der Waals surface area contributed by atoms with Crippen LogP contribution in [0.25, 0.3) is 0 Å². The Kier molecular flexibility index (Phi) is 4.79. The Morgan fingerprint density at radius 3 is 2.81 bits per heavy atom. The largest absolute Gasteiger partial charge is 0.397 e. The number of aromatic nitrogens is 2. The lowest BCUT2D eigenvalue weighted by molar-refractivity contribution is 0.601. The highest BCUT2D eigenvalue weighted by molar-refractivity contribution is 7.99. The number of nitrogens with zero attached hydrogens (tertiary/aromatic N) is 2. The minimum Gasteiger partial charge on any atom is -0.397 e. The molecule has 0 amide bonds. The summed E-state index contributed by atoms with van der Waals surface area (Å²) in [7, 11) is -2.01. The number of nitrogens with two attached hydrogens (primary N) is 1. The molecule has 0 saturated carbocycles. The molecule has 6 nitrogen and oxygen atoms in total. The minimum atomic E-state index is -3.67. The van der Waals surface area contributed by atoms with Crippen molar-refractivity contribution >= 4 is 33.2 Å². The predicted octanol–water partition coefficient (Wildman–Crippen LogP) is 2.31. The molecule has 0 radical (unpaired) electrons. The number of rotatable bonds is 6. The van der Waals surface area contributed by atoms with Crippen molar-refractivity contribution in [2.75, 3.05) is 16.2 Å². The van der Waals surface area contributed by atoms with Crippen LogP contribution in [0.15, 0.2) is 40.4 Å². The molecule has 1 aromatic heterocycles. The molecule has 0 fully saturated rings. The lowest BCUT2D eigenvalue weighted by Gasteiger charge is -2.10. The van der Waals surface area contributed by atoms with Gasteiger partial charge < -0.3 is 5.73 Å². The Hall–Kier alpha value is -1.67.